The minimum atomic E-state index is -0.967. The Labute approximate surface area is 103 Å². The molecule has 1 aliphatic heterocycles. The third-order valence-corrected chi connectivity index (χ3v) is 3.37. The van der Waals surface area contributed by atoms with E-state index in [1.165, 1.54) is 32.4 Å². The van der Waals surface area contributed by atoms with Gasteiger partial charge in [0.15, 0.2) is 0 Å². The Bertz CT molecular complexity index is 291. The van der Waals surface area contributed by atoms with Crippen molar-refractivity contribution in [3.8, 4) is 0 Å². The van der Waals surface area contributed by atoms with Crippen LogP contribution in [0.3, 0.4) is 0 Å². The summed E-state index contributed by atoms with van der Waals surface area (Å²) in [5, 5.41) is 10.4. The van der Waals surface area contributed by atoms with E-state index in [9.17, 15) is 9.90 Å². The monoisotopic (exact) mass is 241 g/mol. The summed E-state index contributed by atoms with van der Waals surface area (Å²) in [5.41, 5.74) is -0.319. The quantitative estimate of drug-likeness (QED) is 0.596. The van der Waals surface area contributed by atoms with Gasteiger partial charge >= 0.3 is 5.97 Å². The molecule has 1 aliphatic rings. The van der Waals surface area contributed by atoms with Crippen LogP contribution in [0, 0.1) is 0 Å². The zero-order valence-corrected chi connectivity index (χ0v) is 11.0. The molecule has 1 atom stereocenters. The van der Waals surface area contributed by atoms with Crippen molar-refractivity contribution in [3.05, 3.63) is 11.6 Å². The molecule has 0 spiro atoms. The average molecular weight is 241 g/mol. The number of carbonyl (C=O) groups excluding carboxylic acids is 1. The summed E-state index contributed by atoms with van der Waals surface area (Å²) in [6.45, 7) is 6.15. The predicted molar refractivity (Wildman–Crippen MR) is 66.7 cm³/mol. The van der Waals surface area contributed by atoms with E-state index >= 15 is 0 Å². The smallest absolute Gasteiger partial charge is 0.330 e. The van der Waals surface area contributed by atoms with Crippen molar-refractivity contribution in [3.63, 3.8) is 0 Å². The second-order valence-electron chi connectivity index (χ2n) is 4.96. The van der Waals surface area contributed by atoms with Crippen LogP contribution in [0.4, 0.5) is 0 Å². The van der Waals surface area contributed by atoms with Gasteiger partial charge in [-0.25, -0.2) is 4.79 Å². The maximum absolute atomic E-state index is 11.1. The Hall–Kier alpha value is -0.870. The first kappa shape index (κ1) is 14.2. The summed E-state index contributed by atoms with van der Waals surface area (Å²) in [6.07, 6.45) is 5.02. The Balaban J connectivity index is 2.59. The standard InChI is InChI=1S/C13H23NO3/c1-11(9-12(15)17-3)13(2,16)10-14-7-5-4-6-8-14/h9,16H,4-8,10H2,1-3H3. The fraction of sp³-hybridized carbons (Fsp3) is 0.769. The molecule has 17 heavy (non-hydrogen) atoms. The highest BCUT2D eigenvalue weighted by Gasteiger charge is 2.27. The van der Waals surface area contributed by atoms with Crippen LogP contribution in [0.25, 0.3) is 0 Å². The van der Waals surface area contributed by atoms with E-state index in [-0.39, 0.29) is 0 Å². The summed E-state index contributed by atoms with van der Waals surface area (Å²) >= 11 is 0. The van der Waals surface area contributed by atoms with Crippen molar-refractivity contribution >= 4 is 5.97 Å². The normalized spacial score (nSPS) is 22.0. The number of ether oxygens (including phenoxy) is 1. The third kappa shape index (κ3) is 4.48. The van der Waals surface area contributed by atoms with Crippen molar-refractivity contribution < 1.29 is 14.6 Å². The number of hydrogen-bond acceptors (Lipinski definition) is 4. The molecule has 0 aliphatic carbocycles. The van der Waals surface area contributed by atoms with Crippen molar-refractivity contribution in [2.45, 2.75) is 38.7 Å². The Morgan fingerprint density at radius 3 is 2.53 bits per heavy atom. The highest BCUT2D eigenvalue weighted by Crippen LogP contribution is 2.20. The number of esters is 1. The molecule has 0 saturated carbocycles. The number of methoxy groups -OCH3 is 1. The molecule has 0 aromatic rings. The van der Waals surface area contributed by atoms with Crippen molar-refractivity contribution in [1.82, 2.24) is 4.90 Å². The highest BCUT2D eigenvalue weighted by atomic mass is 16.5. The molecular formula is C13H23NO3. The molecule has 1 heterocycles. The van der Waals surface area contributed by atoms with Crippen LogP contribution < -0.4 is 0 Å². The van der Waals surface area contributed by atoms with Crippen LogP contribution in [-0.4, -0.2) is 48.3 Å². The Kier molecular flexibility index (Phi) is 5.15. The van der Waals surface area contributed by atoms with Gasteiger partial charge in [0.1, 0.15) is 0 Å². The lowest BCUT2D eigenvalue weighted by Crippen LogP contribution is -2.44. The van der Waals surface area contributed by atoms with Crippen LogP contribution in [0.2, 0.25) is 0 Å². The number of hydrogen-bond donors (Lipinski definition) is 1. The maximum atomic E-state index is 11.1. The fourth-order valence-electron chi connectivity index (χ4n) is 2.07. The van der Waals surface area contributed by atoms with E-state index in [2.05, 4.69) is 9.64 Å². The van der Waals surface area contributed by atoms with Gasteiger partial charge in [0, 0.05) is 12.6 Å². The van der Waals surface area contributed by atoms with Crippen LogP contribution >= 0.6 is 0 Å². The molecule has 0 aromatic heterocycles. The van der Waals surface area contributed by atoms with E-state index < -0.39 is 11.6 Å². The lowest BCUT2D eigenvalue weighted by Gasteiger charge is -2.34. The lowest BCUT2D eigenvalue weighted by molar-refractivity contribution is -0.135. The minimum absolute atomic E-state index is 0.415. The third-order valence-electron chi connectivity index (χ3n) is 3.37. The number of nitrogens with zero attached hydrogens (tertiary/aromatic N) is 1. The Morgan fingerprint density at radius 1 is 1.41 bits per heavy atom. The minimum Gasteiger partial charge on any atom is -0.466 e. The molecule has 98 valence electrons. The van der Waals surface area contributed by atoms with Crippen molar-refractivity contribution in [2.75, 3.05) is 26.7 Å². The summed E-state index contributed by atoms with van der Waals surface area (Å²) in [7, 11) is 1.34. The number of aliphatic hydroxyl groups is 1. The number of likely N-dealkylation sites (tertiary alicyclic amines) is 1. The first-order valence-corrected chi connectivity index (χ1v) is 6.17. The molecule has 1 saturated heterocycles. The SMILES string of the molecule is COC(=O)C=C(C)C(C)(O)CN1CCCCC1. The van der Waals surface area contributed by atoms with E-state index in [0.717, 1.165) is 13.1 Å². The van der Waals surface area contributed by atoms with Gasteiger partial charge in [0.05, 0.1) is 12.7 Å². The van der Waals surface area contributed by atoms with E-state index in [1.807, 2.05) is 0 Å². The fourth-order valence-corrected chi connectivity index (χ4v) is 2.07. The van der Waals surface area contributed by atoms with E-state index in [1.54, 1.807) is 13.8 Å². The molecule has 1 fully saturated rings. The largest absolute Gasteiger partial charge is 0.466 e. The van der Waals surface area contributed by atoms with Gasteiger partial charge in [-0.3, -0.25) is 0 Å². The second-order valence-corrected chi connectivity index (χ2v) is 4.96. The maximum Gasteiger partial charge on any atom is 0.330 e. The van der Waals surface area contributed by atoms with Crippen molar-refractivity contribution in [1.29, 1.82) is 0 Å². The number of carbonyl (C=O) groups is 1. The van der Waals surface area contributed by atoms with Gasteiger partial charge < -0.3 is 14.7 Å². The van der Waals surface area contributed by atoms with Crippen molar-refractivity contribution in [2.24, 2.45) is 0 Å². The topological polar surface area (TPSA) is 49.8 Å². The molecule has 0 aromatic carbocycles. The summed E-state index contributed by atoms with van der Waals surface area (Å²) in [4.78, 5) is 13.4. The van der Waals surface area contributed by atoms with Gasteiger partial charge in [0.25, 0.3) is 0 Å². The molecule has 0 amide bonds. The van der Waals surface area contributed by atoms with Gasteiger partial charge in [-0.15, -0.1) is 0 Å². The predicted octanol–water partition coefficient (Wildman–Crippen LogP) is 1.34. The molecule has 0 bridgehead atoms. The summed E-state index contributed by atoms with van der Waals surface area (Å²) in [5.74, 6) is -0.415. The summed E-state index contributed by atoms with van der Waals surface area (Å²) < 4.78 is 4.57. The van der Waals surface area contributed by atoms with Gasteiger partial charge in [0.2, 0.25) is 0 Å². The van der Waals surface area contributed by atoms with Gasteiger partial charge in [-0.1, -0.05) is 6.42 Å². The number of β-amino-alcohol motifs (C(OH)–C–C–N with tert-alkyl or cyclic N) is 1. The first-order chi connectivity index (χ1) is 7.95. The molecule has 4 heteroatoms. The number of rotatable bonds is 4. The van der Waals surface area contributed by atoms with Crippen LogP contribution in [0.1, 0.15) is 33.1 Å². The van der Waals surface area contributed by atoms with Crippen LogP contribution in [-0.2, 0) is 9.53 Å². The Morgan fingerprint density at radius 2 is 2.00 bits per heavy atom. The molecule has 1 unspecified atom stereocenters. The van der Waals surface area contributed by atoms with Gasteiger partial charge in [-0.05, 0) is 45.4 Å². The van der Waals surface area contributed by atoms with E-state index in [0.29, 0.717) is 12.1 Å². The molecule has 1 rings (SSSR count). The molecule has 1 N–H and O–H groups in total. The zero-order valence-electron chi connectivity index (χ0n) is 11.0. The van der Waals surface area contributed by atoms with Crippen LogP contribution in [0.5, 0.6) is 0 Å². The zero-order chi connectivity index (χ0) is 12.9. The lowest BCUT2D eigenvalue weighted by atomic mass is 9.95. The summed E-state index contributed by atoms with van der Waals surface area (Å²) in [6, 6.07) is 0. The first-order valence-electron chi connectivity index (χ1n) is 6.17. The van der Waals surface area contributed by atoms with Gasteiger partial charge in [-0.2, -0.15) is 0 Å². The molecule has 4 nitrogen and oxygen atoms in total. The highest BCUT2D eigenvalue weighted by molar-refractivity contribution is 5.82. The average Bonchev–Trinajstić information content (AvgIpc) is 2.29. The van der Waals surface area contributed by atoms with E-state index in [4.69, 9.17) is 0 Å². The second kappa shape index (κ2) is 6.17. The molecule has 0 radical (unpaired) electrons. The molecular weight excluding hydrogens is 218 g/mol. The number of piperidine rings is 1. The van der Waals surface area contributed by atoms with Crippen LogP contribution in [0.15, 0.2) is 11.6 Å².